The Hall–Kier alpha value is -1.30. The number of rotatable bonds is 4. The SMILES string of the molecule is CC(C)(C)S(=O)N1C[C@H]2CC(=O)C(c3ccccc3)=C2[C@@H]1CCO. The zero-order chi connectivity index (χ0) is 17.5. The van der Waals surface area contributed by atoms with Crippen molar-refractivity contribution in [1.29, 1.82) is 0 Å². The van der Waals surface area contributed by atoms with Crippen LogP contribution in [0.3, 0.4) is 0 Å². The van der Waals surface area contributed by atoms with Crippen LogP contribution in [0.4, 0.5) is 0 Å². The van der Waals surface area contributed by atoms with Crippen molar-refractivity contribution in [3.63, 3.8) is 0 Å². The van der Waals surface area contributed by atoms with Gasteiger partial charge < -0.3 is 5.11 Å². The van der Waals surface area contributed by atoms with Crippen molar-refractivity contribution >= 4 is 22.3 Å². The van der Waals surface area contributed by atoms with Crippen LogP contribution in [0.5, 0.6) is 0 Å². The van der Waals surface area contributed by atoms with Crippen LogP contribution in [0.2, 0.25) is 0 Å². The number of carbonyl (C=O) groups is 1. The van der Waals surface area contributed by atoms with Crippen LogP contribution in [0.15, 0.2) is 35.9 Å². The number of allylic oxidation sites excluding steroid dienone is 1. The summed E-state index contributed by atoms with van der Waals surface area (Å²) in [5.74, 6) is 0.292. The number of benzene rings is 1. The molecule has 0 radical (unpaired) electrons. The topological polar surface area (TPSA) is 57.6 Å². The average Bonchev–Trinajstić information content (AvgIpc) is 3.02. The van der Waals surface area contributed by atoms with Crippen LogP contribution in [0.1, 0.15) is 39.2 Å². The Balaban J connectivity index is 2.07. The van der Waals surface area contributed by atoms with Gasteiger partial charge in [0.1, 0.15) is 11.0 Å². The van der Waals surface area contributed by atoms with E-state index in [4.69, 9.17) is 0 Å². The molecule has 1 aromatic carbocycles. The molecule has 1 unspecified atom stereocenters. The molecule has 4 nitrogen and oxygen atoms in total. The third kappa shape index (κ3) is 3.01. The highest BCUT2D eigenvalue weighted by Crippen LogP contribution is 2.46. The maximum atomic E-state index is 13.0. The van der Waals surface area contributed by atoms with Gasteiger partial charge in [0.25, 0.3) is 0 Å². The van der Waals surface area contributed by atoms with E-state index in [2.05, 4.69) is 0 Å². The van der Waals surface area contributed by atoms with E-state index in [9.17, 15) is 14.1 Å². The Morgan fingerprint density at radius 3 is 2.50 bits per heavy atom. The lowest BCUT2D eigenvalue weighted by Gasteiger charge is -2.30. The minimum Gasteiger partial charge on any atom is -0.396 e. The maximum absolute atomic E-state index is 13.0. The van der Waals surface area contributed by atoms with E-state index in [0.29, 0.717) is 19.4 Å². The first-order valence-corrected chi connectivity index (χ1v) is 9.57. The molecule has 1 N–H and O–H groups in total. The third-order valence-corrected chi connectivity index (χ3v) is 6.63. The van der Waals surface area contributed by atoms with Crippen molar-refractivity contribution in [3.8, 4) is 0 Å². The lowest BCUT2D eigenvalue weighted by Crippen LogP contribution is -2.41. The zero-order valence-corrected chi connectivity index (χ0v) is 15.3. The summed E-state index contributed by atoms with van der Waals surface area (Å²) in [6, 6.07) is 9.60. The van der Waals surface area contributed by atoms with Gasteiger partial charge in [0.2, 0.25) is 0 Å². The van der Waals surface area contributed by atoms with E-state index in [1.807, 2.05) is 55.4 Å². The molecular formula is C19H25NO3S. The molecule has 3 rings (SSSR count). The first kappa shape index (κ1) is 17.5. The second-order valence-corrected chi connectivity index (χ2v) is 9.70. The van der Waals surface area contributed by atoms with Gasteiger partial charge in [-0.3, -0.25) is 4.79 Å². The van der Waals surface area contributed by atoms with E-state index in [1.54, 1.807) is 0 Å². The van der Waals surface area contributed by atoms with Crippen LogP contribution < -0.4 is 0 Å². The van der Waals surface area contributed by atoms with Crippen molar-refractivity contribution < 1.29 is 14.1 Å². The maximum Gasteiger partial charge on any atom is 0.164 e. The van der Waals surface area contributed by atoms with Gasteiger partial charge in [-0.05, 0) is 38.3 Å². The predicted molar refractivity (Wildman–Crippen MR) is 96.6 cm³/mol. The fourth-order valence-corrected chi connectivity index (χ4v) is 5.26. The number of Topliss-reactive ketones (excluding diaryl/α,β-unsaturated/α-hetero) is 1. The van der Waals surface area contributed by atoms with Crippen LogP contribution in [-0.4, -0.2) is 43.3 Å². The van der Waals surface area contributed by atoms with E-state index in [-0.39, 0.29) is 29.1 Å². The molecule has 1 aromatic rings. The largest absolute Gasteiger partial charge is 0.396 e. The third-order valence-electron chi connectivity index (χ3n) is 4.75. The lowest BCUT2D eigenvalue weighted by atomic mass is 9.94. The summed E-state index contributed by atoms with van der Waals surface area (Å²) in [7, 11) is -1.16. The summed E-state index contributed by atoms with van der Waals surface area (Å²) in [5.41, 5.74) is 2.80. The Labute approximate surface area is 146 Å². The number of hydrogen-bond donors (Lipinski definition) is 1. The minimum absolute atomic E-state index is 0.0228. The molecule has 1 saturated heterocycles. The monoisotopic (exact) mass is 347 g/mol. The average molecular weight is 347 g/mol. The van der Waals surface area contributed by atoms with Gasteiger partial charge in [0.15, 0.2) is 5.78 Å². The number of fused-ring (bicyclic) bond motifs is 1. The molecule has 0 aromatic heterocycles. The fraction of sp³-hybridized carbons (Fsp3) is 0.526. The van der Waals surface area contributed by atoms with Gasteiger partial charge in [0, 0.05) is 37.1 Å². The number of ketones is 1. The number of nitrogens with zero attached hydrogens (tertiary/aromatic N) is 1. The summed E-state index contributed by atoms with van der Waals surface area (Å²) in [4.78, 5) is 12.6. The highest BCUT2D eigenvalue weighted by Gasteiger charge is 2.48. The van der Waals surface area contributed by atoms with E-state index < -0.39 is 11.0 Å². The van der Waals surface area contributed by atoms with Crippen molar-refractivity contribution in [2.75, 3.05) is 13.2 Å². The first-order chi connectivity index (χ1) is 11.3. The fourth-order valence-electron chi connectivity index (χ4n) is 3.79. The van der Waals surface area contributed by atoms with Crippen LogP contribution in [-0.2, 0) is 15.8 Å². The molecule has 1 aliphatic heterocycles. The van der Waals surface area contributed by atoms with Crippen molar-refractivity contribution in [3.05, 3.63) is 41.5 Å². The molecule has 1 heterocycles. The zero-order valence-electron chi connectivity index (χ0n) is 14.5. The Bertz CT molecular complexity index is 690. The molecule has 1 aliphatic carbocycles. The van der Waals surface area contributed by atoms with Gasteiger partial charge in [-0.25, -0.2) is 8.51 Å². The molecule has 2 aliphatic rings. The second kappa shape index (κ2) is 6.54. The van der Waals surface area contributed by atoms with Crippen LogP contribution in [0.25, 0.3) is 5.57 Å². The van der Waals surface area contributed by atoms with Gasteiger partial charge >= 0.3 is 0 Å². The first-order valence-electron chi connectivity index (χ1n) is 8.46. The standard InChI is InChI=1S/C19H25NO3S/c1-19(2,3)24(23)20-12-14-11-16(22)18(13-7-5-4-6-8-13)17(14)15(20)9-10-21/h4-8,14-15,21H,9-12H2,1-3H3/t14-,15+,24?/m1/s1. The van der Waals surface area contributed by atoms with Gasteiger partial charge in [-0.1, -0.05) is 30.3 Å². The van der Waals surface area contributed by atoms with E-state index in [0.717, 1.165) is 16.7 Å². The van der Waals surface area contributed by atoms with Gasteiger partial charge in [-0.15, -0.1) is 0 Å². The highest BCUT2D eigenvalue weighted by molar-refractivity contribution is 7.84. The summed E-state index contributed by atoms with van der Waals surface area (Å²) < 4.78 is 14.6. The molecular weight excluding hydrogens is 322 g/mol. The molecule has 0 spiro atoms. The molecule has 0 bridgehead atoms. The summed E-state index contributed by atoms with van der Waals surface area (Å²) >= 11 is 0. The van der Waals surface area contributed by atoms with Crippen LogP contribution >= 0.6 is 0 Å². The molecule has 1 fully saturated rings. The summed E-state index contributed by atoms with van der Waals surface area (Å²) in [6.07, 6.45) is 0.997. The number of aliphatic hydroxyl groups excluding tert-OH is 1. The predicted octanol–water partition coefficient (Wildman–Crippen LogP) is 2.56. The van der Waals surface area contributed by atoms with Gasteiger partial charge in [0.05, 0.1) is 4.75 Å². The van der Waals surface area contributed by atoms with Crippen molar-refractivity contribution in [2.24, 2.45) is 5.92 Å². The number of hydrogen-bond acceptors (Lipinski definition) is 3. The van der Waals surface area contributed by atoms with Crippen molar-refractivity contribution in [1.82, 2.24) is 4.31 Å². The van der Waals surface area contributed by atoms with E-state index in [1.165, 1.54) is 0 Å². The number of carbonyl (C=O) groups excluding carboxylic acids is 1. The normalized spacial score (nSPS) is 26.1. The molecule has 0 amide bonds. The quantitative estimate of drug-likeness (QED) is 0.911. The molecule has 3 atom stereocenters. The molecule has 24 heavy (non-hydrogen) atoms. The molecule has 5 heteroatoms. The lowest BCUT2D eigenvalue weighted by molar-refractivity contribution is -0.113. The second-order valence-electron chi connectivity index (χ2n) is 7.51. The Morgan fingerprint density at radius 1 is 1.25 bits per heavy atom. The van der Waals surface area contributed by atoms with Crippen LogP contribution in [0, 0.1) is 5.92 Å². The summed E-state index contributed by atoms with van der Waals surface area (Å²) in [6.45, 7) is 6.54. The van der Waals surface area contributed by atoms with Gasteiger partial charge in [-0.2, -0.15) is 0 Å². The Morgan fingerprint density at radius 2 is 1.92 bits per heavy atom. The molecule has 0 saturated carbocycles. The Kier molecular flexibility index (Phi) is 4.78. The van der Waals surface area contributed by atoms with Crippen molar-refractivity contribution in [2.45, 2.75) is 44.4 Å². The minimum atomic E-state index is -1.16. The summed E-state index contributed by atoms with van der Waals surface area (Å²) in [5, 5.41) is 9.54. The molecule has 130 valence electrons. The van der Waals surface area contributed by atoms with E-state index >= 15 is 0 Å². The highest BCUT2D eigenvalue weighted by atomic mass is 32.2. The smallest absolute Gasteiger partial charge is 0.164 e. The number of aliphatic hydroxyl groups is 1.